The van der Waals surface area contributed by atoms with Crippen LogP contribution in [0, 0.1) is 23.3 Å². The summed E-state index contributed by atoms with van der Waals surface area (Å²) in [5, 5.41) is 18.5. The zero-order chi connectivity index (χ0) is 33.3. The van der Waals surface area contributed by atoms with Gasteiger partial charge in [-0.15, -0.1) is 0 Å². The predicted octanol–water partition coefficient (Wildman–Crippen LogP) is 8.05. The number of hydrogen-bond acceptors (Lipinski definition) is 4. The maximum Gasteiger partial charge on any atom is 0.314 e. The van der Waals surface area contributed by atoms with Crippen LogP contribution in [0.5, 0.6) is 5.75 Å². The van der Waals surface area contributed by atoms with Crippen LogP contribution < -0.4 is 4.74 Å². The van der Waals surface area contributed by atoms with Gasteiger partial charge < -0.3 is 19.7 Å². The largest absolute Gasteiger partial charge is 0.490 e. The number of hydrogen-bond donors (Lipinski definition) is 2. The van der Waals surface area contributed by atoms with Crippen LogP contribution in [0.2, 0.25) is 0 Å². The fourth-order valence-corrected chi connectivity index (χ4v) is 5.96. The van der Waals surface area contributed by atoms with Gasteiger partial charge in [0.2, 0.25) is 0 Å². The highest BCUT2D eigenvalue weighted by molar-refractivity contribution is 5.86. The first-order valence-corrected chi connectivity index (χ1v) is 15.4. The van der Waals surface area contributed by atoms with Gasteiger partial charge in [-0.3, -0.25) is 9.59 Å². The fraction of sp³-hybridized carbons (Fsp3) is 0.297. The second kappa shape index (κ2) is 12.8. The van der Waals surface area contributed by atoms with E-state index in [4.69, 9.17) is 9.47 Å². The van der Waals surface area contributed by atoms with E-state index in [0.29, 0.717) is 42.4 Å². The van der Waals surface area contributed by atoms with Crippen molar-refractivity contribution in [3.8, 4) is 28.0 Å². The van der Waals surface area contributed by atoms with Crippen molar-refractivity contribution < 1.29 is 46.8 Å². The fourth-order valence-electron chi connectivity index (χ4n) is 5.96. The van der Waals surface area contributed by atoms with Gasteiger partial charge in [-0.1, -0.05) is 42.5 Å². The quantitative estimate of drug-likeness (QED) is 0.188. The van der Waals surface area contributed by atoms with E-state index in [-0.39, 0.29) is 17.2 Å². The van der Waals surface area contributed by atoms with Crippen LogP contribution in [-0.4, -0.2) is 41.5 Å². The van der Waals surface area contributed by atoms with E-state index in [1.807, 2.05) is 24.3 Å². The Balaban J connectivity index is 0.000000168. The molecule has 10 heteroatoms. The second-order valence-electron chi connectivity index (χ2n) is 12.2. The molecule has 0 radical (unpaired) electrons. The SMILES string of the molecule is O=C(O)C1(c2ccc(-c3ccc(F)c(F)c3)c(F)c2)CC1.O=C(O)C1(c2ccc(-c3ccc(OC4CCOCC4)cc3)c(F)c2)CC1. The Morgan fingerprint density at radius 1 is 0.617 bits per heavy atom. The minimum absolute atomic E-state index is 0.110. The van der Waals surface area contributed by atoms with Crippen LogP contribution in [0.15, 0.2) is 78.9 Å². The standard InChI is InChI=1S/C21H21FO4.C16H11F3O2/c22-19-13-15(21(9-10-21)20(23)24)3-6-18(19)14-1-4-16(5-2-14)26-17-7-11-25-12-8-17;17-12-4-1-9(7-14(12)19)11-3-2-10(8-13(11)18)16(5-6-16)15(20)21/h1-6,13,17H,7-12H2,(H,23,24);1-4,7-8H,5-6H2,(H,20,21). The van der Waals surface area contributed by atoms with Crippen molar-refractivity contribution >= 4 is 11.9 Å². The van der Waals surface area contributed by atoms with Crippen LogP contribution in [0.1, 0.15) is 49.7 Å². The molecule has 7 rings (SSSR count). The minimum Gasteiger partial charge on any atom is -0.490 e. The van der Waals surface area contributed by atoms with Gasteiger partial charge in [0.1, 0.15) is 23.5 Å². The van der Waals surface area contributed by atoms with Gasteiger partial charge in [0, 0.05) is 24.0 Å². The number of aliphatic carboxylic acids is 2. The maximum absolute atomic E-state index is 14.6. The van der Waals surface area contributed by atoms with Crippen molar-refractivity contribution in [2.75, 3.05) is 13.2 Å². The zero-order valence-corrected chi connectivity index (χ0v) is 25.3. The average Bonchev–Trinajstić information content (AvgIpc) is 3.99. The lowest BCUT2D eigenvalue weighted by Crippen LogP contribution is -2.25. The van der Waals surface area contributed by atoms with Gasteiger partial charge in [0.25, 0.3) is 0 Å². The number of carbonyl (C=O) groups is 2. The molecule has 2 saturated carbocycles. The van der Waals surface area contributed by atoms with Crippen molar-refractivity contribution in [2.45, 2.75) is 55.5 Å². The van der Waals surface area contributed by atoms with Gasteiger partial charge in [-0.05, 0) is 84.3 Å². The van der Waals surface area contributed by atoms with Crippen LogP contribution >= 0.6 is 0 Å². The third kappa shape index (κ3) is 6.60. The lowest BCUT2D eigenvalue weighted by molar-refractivity contribution is -0.141. The van der Waals surface area contributed by atoms with Crippen LogP contribution in [0.25, 0.3) is 22.3 Å². The van der Waals surface area contributed by atoms with Crippen molar-refractivity contribution in [1.82, 2.24) is 0 Å². The molecule has 47 heavy (non-hydrogen) atoms. The molecule has 1 heterocycles. The summed E-state index contributed by atoms with van der Waals surface area (Å²) in [4.78, 5) is 22.6. The van der Waals surface area contributed by atoms with Gasteiger partial charge in [0.05, 0.1) is 24.0 Å². The molecule has 1 saturated heterocycles. The Morgan fingerprint density at radius 2 is 1.11 bits per heavy atom. The summed E-state index contributed by atoms with van der Waals surface area (Å²) in [7, 11) is 0. The third-order valence-corrected chi connectivity index (χ3v) is 9.23. The summed E-state index contributed by atoms with van der Waals surface area (Å²) in [6.45, 7) is 1.44. The Morgan fingerprint density at radius 3 is 1.55 bits per heavy atom. The van der Waals surface area contributed by atoms with Crippen molar-refractivity contribution in [1.29, 1.82) is 0 Å². The summed E-state index contributed by atoms with van der Waals surface area (Å²) < 4.78 is 66.1. The number of carboxylic acids is 2. The molecule has 0 atom stereocenters. The molecular weight excluding hydrogens is 616 g/mol. The molecule has 3 fully saturated rings. The molecule has 1 aliphatic heterocycles. The lowest BCUT2D eigenvalue weighted by Gasteiger charge is -2.23. The van der Waals surface area contributed by atoms with Gasteiger partial charge >= 0.3 is 11.9 Å². The van der Waals surface area contributed by atoms with Crippen LogP contribution in [-0.2, 0) is 25.2 Å². The maximum atomic E-state index is 14.6. The Hall–Kier alpha value is -4.70. The Bertz CT molecular complexity index is 1810. The zero-order valence-electron chi connectivity index (χ0n) is 25.3. The summed E-state index contributed by atoms with van der Waals surface area (Å²) in [6.07, 6.45) is 4.01. The Labute approximate surface area is 268 Å². The molecule has 4 aromatic rings. The third-order valence-electron chi connectivity index (χ3n) is 9.23. The average molecular weight is 649 g/mol. The van der Waals surface area contributed by atoms with Gasteiger partial charge in [-0.25, -0.2) is 17.6 Å². The second-order valence-corrected chi connectivity index (χ2v) is 12.2. The van der Waals surface area contributed by atoms with E-state index >= 15 is 0 Å². The predicted molar refractivity (Wildman–Crippen MR) is 165 cm³/mol. The molecule has 4 aromatic carbocycles. The molecule has 0 unspecified atom stereocenters. The topological polar surface area (TPSA) is 93.1 Å². The number of rotatable bonds is 8. The number of benzene rings is 4. The first-order chi connectivity index (χ1) is 22.5. The van der Waals surface area contributed by atoms with E-state index in [9.17, 15) is 37.4 Å². The van der Waals surface area contributed by atoms with Gasteiger partial charge in [0.15, 0.2) is 11.6 Å². The molecule has 244 valence electrons. The molecular formula is C37H32F4O6. The van der Waals surface area contributed by atoms with E-state index in [1.165, 1.54) is 24.3 Å². The van der Waals surface area contributed by atoms with Crippen molar-refractivity contribution in [2.24, 2.45) is 0 Å². The molecule has 3 aliphatic rings. The molecule has 0 bridgehead atoms. The van der Waals surface area contributed by atoms with Crippen LogP contribution in [0.4, 0.5) is 17.6 Å². The number of carboxylic acid groups (broad SMARTS) is 2. The van der Waals surface area contributed by atoms with E-state index in [1.54, 1.807) is 12.1 Å². The highest BCUT2D eigenvalue weighted by Gasteiger charge is 2.52. The smallest absolute Gasteiger partial charge is 0.314 e. The summed E-state index contributed by atoms with van der Waals surface area (Å²) >= 11 is 0. The molecule has 6 nitrogen and oxygen atoms in total. The minimum atomic E-state index is -1.06. The normalized spacial score (nSPS) is 17.6. The lowest BCUT2D eigenvalue weighted by atomic mass is 9.93. The monoisotopic (exact) mass is 648 g/mol. The van der Waals surface area contributed by atoms with Crippen LogP contribution in [0.3, 0.4) is 0 Å². The van der Waals surface area contributed by atoms with E-state index in [0.717, 1.165) is 55.6 Å². The summed E-state index contributed by atoms with van der Waals surface area (Å²) in [5.74, 6) is -4.18. The van der Waals surface area contributed by atoms with E-state index < -0.39 is 46.0 Å². The molecule has 0 aromatic heterocycles. The highest BCUT2D eigenvalue weighted by Crippen LogP contribution is 2.50. The Kier molecular flexibility index (Phi) is 8.80. The number of halogens is 4. The molecule has 0 spiro atoms. The van der Waals surface area contributed by atoms with E-state index in [2.05, 4.69) is 0 Å². The summed E-state index contributed by atoms with van der Waals surface area (Å²) in [5.41, 5.74) is 0.594. The highest BCUT2D eigenvalue weighted by atomic mass is 19.2. The first-order valence-electron chi connectivity index (χ1n) is 15.4. The van der Waals surface area contributed by atoms with Gasteiger partial charge in [-0.2, -0.15) is 0 Å². The summed E-state index contributed by atoms with van der Waals surface area (Å²) in [6, 6.07) is 19.3. The first kappa shape index (κ1) is 32.2. The van der Waals surface area contributed by atoms with Crippen molar-refractivity contribution in [3.63, 3.8) is 0 Å². The van der Waals surface area contributed by atoms with Crippen molar-refractivity contribution in [3.05, 3.63) is 113 Å². The molecule has 0 amide bonds. The number of ether oxygens (including phenoxy) is 2. The molecule has 2 aliphatic carbocycles. The molecule has 2 N–H and O–H groups in total.